The Kier molecular flexibility index (Phi) is 4.63. The Hall–Kier alpha value is -1.75. The van der Waals surface area contributed by atoms with Gasteiger partial charge in [-0.05, 0) is 30.9 Å². The SMILES string of the molecule is O=C(COCC1CCCC1)c1ccc([N+](=O)[O-])cc1. The lowest BCUT2D eigenvalue weighted by atomic mass is 10.1. The Morgan fingerprint density at radius 2 is 1.89 bits per heavy atom. The normalized spacial score (nSPS) is 15.6. The molecule has 0 aliphatic heterocycles. The van der Waals surface area contributed by atoms with Crippen molar-refractivity contribution < 1.29 is 14.5 Å². The van der Waals surface area contributed by atoms with Crippen LogP contribution in [0.15, 0.2) is 24.3 Å². The number of carbonyl (C=O) groups excluding carboxylic acids is 1. The second-order valence-corrected chi connectivity index (χ2v) is 4.89. The van der Waals surface area contributed by atoms with Gasteiger partial charge in [0.05, 0.1) is 11.5 Å². The van der Waals surface area contributed by atoms with Crippen molar-refractivity contribution in [2.24, 2.45) is 5.92 Å². The highest BCUT2D eigenvalue weighted by atomic mass is 16.6. The standard InChI is InChI=1S/C14H17NO4/c16-14(10-19-9-11-3-1-2-4-11)12-5-7-13(8-6-12)15(17)18/h5-8,11H,1-4,9-10H2. The summed E-state index contributed by atoms with van der Waals surface area (Å²) in [5, 5.41) is 10.5. The molecule has 19 heavy (non-hydrogen) atoms. The number of nitro groups is 1. The minimum Gasteiger partial charge on any atom is -0.373 e. The van der Waals surface area contributed by atoms with Crippen LogP contribution in [-0.4, -0.2) is 23.9 Å². The molecule has 0 amide bonds. The molecule has 0 heterocycles. The average Bonchev–Trinajstić information content (AvgIpc) is 2.92. The van der Waals surface area contributed by atoms with Crippen LogP contribution in [-0.2, 0) is 4.74 Å². The van der Waals surface area contributed by atoms with Gasteiger partial charge in [0.2, 0.25) is 0 Å². The maximum atomic E-state index is 11.8. The fraction of sp³-hybridized carbons (Fsp3) is 0.500. The molecule has 1 aliphatic rings. The number of Topliss-reactive ketones (excluding diaryl/α,β-unsaturated/α-hetero) is 1. The first kappa shape index (κ1) is 13.7. The molecule has 0 N–H and O–H groups in total. The Bertz CT molecular complexity index is 449. The maximum absolute atomic E-state index is 11.8. The molecular formula is C14H17NO4. The summed E-state index contributed by atoms with van der Waals surface area (Å²) < 4.78 is 5.43. The summed E-state index contributed by atoms with van der Waals surface area (Å²) >= 11 is 0. The molecule has 5 heteroatoms. The molecule has 1 aliphatic carbocycles. The molecule has 1 fully saturated rings. The van der Waals surface area contributed by atoms with Gasteiger partial charge in [-0.1, -0.05) is 12.8 Å². The summed E-state index contributed by atoms with van der Waals surface area (Å²) in [5.74, 6) is 0.456. The number of benzene rings is 1. The number of carbonyl (C=O) groups is 1. The van der Waals surface area contributed by atoms with E-state index in [1.807, 2.05) is 0 Å². The molecule has 0 bridgehead atoms. The summed E-state index contributed by atoms with van der Waals surface area (Å²) in [6, 6.07) is 5.62. The fourth-order valence-corrected chi connectivity index (χ4v) is 2.35. The molecule has 1 aromatic rings. The monoisotopic (exact) mass is 263 g/mol. The van der Waals surface area contributed by atoms with Crippen molar-refractivity contribution in [3.63, 3.8) is 0 Å². The molecule has 0 atom stereocenters. The van der Waals surface area contributed by atoms with Crippen molar-refractivity contribution >= 4 is 11.5 Å². The first-order valence-corrected chi connectivity index (χ1v) is 6.52. The Labute approximate surface area is 111 Å². The van der Waals surface area contributed by atoms with Crippen LogP contribution in [0, 0.1) is 16.0 Å². The van der Waals surface area contributed by atoms with Crippen molar-refractivity contribution in [2.75, 3.05) is 13.2 Å². The minimum atomic E-state index is -0.481. The van der Waals surface area contributed by atoms with Gasteiger partial charge in [0, 0.05) is 17.7 Å². The third-order valence-electron chi connectivity index (χ3n) is 3.46. The lowest BCUT2D eigenvalue weighted by Crippen LogP contribution is -2.13. The second kappa shape index (κ2) is 6.43. The molecule has 0 saturated heterocycles. The number of rotatable bonds is 6. The topological polar surface area (TPSA) is 69.4 Å². The quantitative estimate of drug-likeness (QED) is 0.449. The van der Waals surface area contributed by atoms with Gasteiger partial charge in [-0.25, -0.2) is 0 Å². The average molecular weight is 263 g/mol. The smallest absolute Gasteiger partial charge is 0.269 e. The van der Waals surface area contributed by atoms with E-state index < -0.39 is 4.92 Å². The number of non-ortho nitro benzene ring substituents is 1. The molecule has 0 unspecified atom stereocenters. The number of ether oxygens (including phenoxy) is 1. The molecule has 2 rings (SSSR count). The van der Waals surface area contributed by atoms with Gasteiger partial charge in [0.1, 0.15) is 6.61 Å². The Morgan fingerprint density at radius 3 is 2.47 bits per heavy atom. The van der Waals surface area contributed by atoms with Gasteiger partial charge in [0.15, 0.2) is 5.78 Å². The van der Waals surface area contributed by atoms with Gasteiger partial charge < -0.3 is 4.74 Å². The van der Waals surface area contributed by atoms with Gasteiger partial charge >= 0.3 is 0 Å². The van der Waals surface area contributed by atoms with Crippen LogP contribution in [0.5, 0.6) is 0 Å². The van der Waals surface area contributed by atoms with Crippen molar-refractivity contribution in [3.8, 4) is 0 Å². The minimum absolute atomic E-state index is 0.0107. The zero-order valence-corrected chi connectivity index (χ0v) is 10.7. The first-order chi connectivity index (χ1) is 9.16. The highest BCUT2D eigenvalue weighted by Gasteiger charge is 2.16. The lowest BCUT2D eigenvalue weighted by Gasteiger charge is -2.09. The number of ketones is 1. The Morgan fingerprint density at radius 1 is 1.26 bits per heavy atom. The number of hydrogen-bond acceptors (Lipinski definition) is 4. The van der Waals surface area contributed by atoms with Crippen LogP contribution < -0.4 is 0 Å². The van der Waals surface area contributed by atoms with Crippen LogP contribution in [0.3, 0.4) is 0 Å². The van der Waals surface area contributed by atoms with E-state index in [9.17, 15) is 14.9 Å². The van der Waals surface area contributed by atoms with Crippen molar-refractivity contribution in [1.29, 1.82) is 0 Å². The highest BCUT2D eigenvalue weighted by molar-refractivity contribution is 5.97. The van der Waals surface area contributed by atoms with Crippen molar-refractivity contribution in [1.82, 2.24) is 0 Å². The molecule has 0 aromatic heterocycles. The van der Waals surface area contributed by atoms with Gasteiger partial charge in [0.25, 0.3) is 5.69 Å². The number of hydrogen-bond donors (Lipinski definition) is 0. The van der Waals surface area contributed by atoms with E-state index in [1.54, 1.807) is 0 Å². The second-order valence-electron chi connectivity index (χ2n) is 4.89. The van der Waals surface area contributed by atoms with E-state index in [4.69, 9.17) is 4.74 Å². The van der Waals surface area contributed by atoms with Crippen LogP contribution in [0.1, 0.15) is 36.0 Å². The maximum Gasteiger partial charge on any atom is 0.269 e. The summed E-state index contributed by atoms with van der Waals surface area (Å²) in [4.78, 5) is 21.8. The summed E-state index contributed by atoms with van der Waals surface area (Å²) in [6.45, 7) is 0.688. The van der Waals surface area contributed by atoms with Crippen molar-refractivity contribution in [2.45, 2.75) is 25.7 Å². The number of nitro benzene ring substituents is 1. The van der Waals surface area contributed by atoms with E-state index in [1.165, 1.54) is 49.9 Å². The summed E-state index contributed by atoms with van der Waals surface area (Å²) in [7, 11) is 0. The van der Waals surface area contributed by atoms with Crippen LogP contribution in [0.25, 0.3) is 0 Å². The van der Waals surface area contributed by atoms with E-state index in [-0.39, 0.29) is 18.1 Å². The van der Waals surface area contributed by atoms with Gasteiger partial charge in [-0.3, -0.25) is 14.9 Å². The van der Waals surface area contributed by atoms with Gasteiger partial charge in [-0.2, -0.15) is 0 Å². The molecule has 1 saturated carbocycles. The summed E-state index contributed by atoms with van der Waals surface area (Å²) in [6.07, 6.45) is 4.88. The highest BCUT2D eigenvalue weighted by Crippen LogP contribution is 2.24. The first-order valence-electron chi connectivity index (χ1n) is 6.52. The predicted molar refractivity (Wildman–Crippen MR) is 70.2 cm³/mol. The van der Waals surface area contributed by atoms with Crippen LogP contribution >= 0.6 is 0 Å². The van der Waals surface area contributed by atoms with E-state index in [0.717, 1.165) is 0 Å². The molecular weight excluding hydrogens is 246 g/mol. The third-order valence-corrected chi connectivity index (χ3v) is 3.46. The summed E-state index contributed by atoms with van der Waals surface area (Å²) in [5.41, 5.74) is 0.445. The van der Waals surface area contributed by atoms with E-state index >= 15 is 0 Å². The fourth-order valence-electron chi connectivity index (χ4n) is 2.35. The van der Waals surface area contributed by atoms with Crippen LogP contribution in [0.2, 0.25) is 0 Å². The van der Waals surface area contributed by atoms with Crippen molar-refractivity contribution in [3.05, 3.63) is 39.9 Å². The molecule has 0 spiro atoms. The van der Waals surface area contributed by atoms with Gasteiger partial charge in [-0.15, -0.1) is 0 Å². The zero-order chi connectivity index (χ0) is 13.7. The molecule has 5 nitrogen and oxygen atoms in total. The molecule has 0 radical (unpaired) electrons. The van der Waals surface area contributed by atoms with E-state index in [0.29, 0.717) is 18.1 Å². The van der Waals surface area contributed by atoms with E-state index in [2.05, 4.69) is 0 Å². The number of nitrogens with zero attached hydrogens (tertiary/aromatic N) is 1. The third kappa shape index (κ3) is 3.86. The predicted octanol–water partition coefficient (Wildman–Crippen LogP) is 2.98. The Balaban J connectivity index is 1.80. The zero-order valence-electron chi connectivity index (χ0n) is 10.7. The molecule has 1 aromatic carbocycles. The largest absolute Gasteiger partial charge is 0.373 e. The van der Waals surface area contributed by atoms with Crippen LogP contribution in [0.4, 0.5) is 5.69 Å². The molecule has 102 valence electrons. The lowest BCUT2D eigenvalue weighted by molar-refractivity contribution is -0.384.